The second-order valence-corrected chi connectivity index (χ2v) is 5.41. The predicted octanol–water partition coefficient (Wildman–Crippen LogP) is 2.33. The largest absolute Gasteiger partial charge is 0.326 e. The zero-order valence-corrected chi connectivity index (χ0v) is 10.0. The highest BCUT2D eigenvalue weighted by atomic mass is 16.1. The van der Waals surface area contributed by atoms with Gasteiger partial charge in [-0.2, -0.15) is 0 Å². The lowest BCUT2D eigenvalue weighted by Gasteiger charge is -2.26. The summed E-state index contributed by atoms with van der Waals surface area (Å²) in [5.74, 6) is 0.00325. The maximum absolute atomic E-state index is 11.3. The Balaban J connectivity index is 2.46. The van der Waals surface area contributed by atoms with Gasteiger partial charge in [-0.25, -0.2) is 0 Å². The Hall–Kier alpha value is -1.35. The van der Waals surface area contributed by atoms with Crippen LogP contribution in [0.25, 0.3) is 0 Å². The number of carbonyl (C=O) groups is 1. The highest BCUT2D eigenvalue weighted by molar-refractivity contribution is 5.94. The van der Waals surface area contributed by atoms with Crippen molar-refractivity contribution < 1.29 is 4.79 Å². The molecule has 3 heteroatoms. The van der Waals surface area contributed by atoms with E-state index < -0.39 is 0 Å². The van der Waals surface area contributed by atoms with Crippen LogP contribution in [0.2, 0.25) is 0 Å². The Labute approximate surface area is 96.0 Å². The molecule has 0 spiro atoms. The highest BCUT2D eigenvalue weighted by Crippen LogP contribution is 2.33. The van der Waals surface area contributed by atoms with Gasteiger partial charge in [-0.1, -0.05) is 32.9 Å². The molecule has 1 heterocycles. The first-order valence-electron chi connectivity index (χ1n) is 5.58. The topological polar surface area (TPSA) is 55.1 Å². The summed E-state index contributed by atoms with van der Waals surface area (Å²) in [6.45, 7) is 6.50. The van der Waals surface area contributed by atoms with Crippen molar-refractivity contribution in [2.24, 2.45) is 5.73 Å². The maximum atomic E-state index is 11.3. The minimum absolute atomic E-state index is 0.00325. The molecule has 0 saturated heterocycles. The van der Waals surface area contributed by atoms with Gasteiger partial charge in [0.05, 0.1) is 0 Å². The van der Waals surface area contributed by atoms with Crippen LogP contribution in [-0.4, -0.2) is 5.91 Å². The van der Waals surface area contributed by atoms with E-state index in [9.17, 15) is 4.79 Å². The van der Waals surface area contributed by atoms with Crippen LogP contribution < -0.4 is 11.1 Å². The van der Waals surface area contributed by atoms with Crippen LogP contribution >= 0.6 is 0 Å². The summed E-state index contributed by atoms with van der Waals surface area (Å²) in [5, 5.41) is 2.85. The summed E-state index contributed by atoms with van der Waals surface area (Å²) in [4.78, 5) is 11.3. The van der Waals surface area contributed by atoms with Crippen LogP contribution in [-0.2, 0) is 10.2 Å². The molecule has 0 saturated carbocycles. The molecule has 0 fully saturated rings. The first-order valence-corrected chi connectivity index (χ1v) is 5.58. The van der Waals surface area contributed by atoms with E-state index in [2.05, 4.69) is 38.2 Å². The molecule has 1 atom stereocenters. The average molecular weight is 218 g/mol. The molecule has 16 heavy (non-hydrogen) atoms. The van der Waals surface area contributed by atoms with Crippen molar-refractivity contribution in [3.63, 3.8) is 0 Å². The molecule has 1 aliphatic heterocycles. The van der Waals surface area contributed by atoms with Gasteiger partial charge in [0.15, 0.2) is 0 Å². The molecule has 3 nitrogen and oxygen atoms in total. The molecule has 1 unspecified atom stereocenters. The maximum Gasteiger partial charge on any atom is 0.226 e. The third-order valence-electron chi connectivity index (χ3n) is 3.00. The molecule has 0 radical (unpaired) electrons. The number of hydrogen-bond donors (Lipinski definition) is 2. The number of amides is 1. The fourth-order valence-electron chi connectivity index (χ4n) is 1.96. The number of fused-ring (bicyclic) bond motifs is 1. The van der Waals surface area contributed by atoms with Crippen molar-refractivity contribution in [3.8, 4) is 0 Å². The number of anilines is 1. The number of rotatable bonds is 0. The zero-order valence-electron chi connectivity index (χ0n) is 10.0. The van der Waals surface area contributed by atoms with Gasteiger partial charge < -0.3 is 11.1 Å². The summed E-state index contributed by atoms with van der Waals surface area (Å²) >= 11 is 0. The predicted molar refractivity (Wildman–Crippen MR) is 65.3 cm³/mol. The van der Waals surface area contributed by atoms with Crippen LogP contribution in [0.3, 0.4) is 0 Å². The van der Waals surface area contributed by atoms with E-state index >= 15 is 0 Å². The summed E-state index contributed by atoms with van der Waals surface area (Å²) in [6, 6.07) is 5.94. The quantitative estimate of drug-likeness (QED) is 0.702. The van der Waals surface area contributed by atoms with Gasteiger partial charge >= 0.3 is 0 Å². The van der Waals surface area contributed by atoms with Gasteiger partial charge in [0.2, 0.25) is 5.91 Å². The lowest BCUT2D eigenvalue weighted by Crippen LogP contribution is -2.28. The number of benzene rings is 1. The summed E-state index contributed by atoms with van der Waals surface area (Å²) in [5.41, 5.74) is 9.25. The second kappa shape index (κ2) is 3.59. The molecule has 2 rings (SSSR count). The van der Waals surface area contributed by atoms with E-state index in [0.29, 0.717) is 6.42 Å². The molecular formula is C13H18N2O. The number of nitrogens with two attached hydrogens (primary N) is 1. The molecule has 1 aromatic rings. The third kappa shape index (κ3) is 1.95. The first kappa shape index (κ1) is 11.1. The van der Waals surface area contributed by atoms with E-state index in [1.54, 1.807) is 0 Å². The number of hydrogen-bond acceptors (Lipinski definition) is 2. The van der Waals surface area contributed by atoms with Crippen LogP contribution in [0, 0.1) is 0 Å². The lowest BCUT2D eigenvalue weighted by molar-refractivity contribution is -0.116. The van der Waals surface area contributed by atoms with Crippen molar-refractivity contribution in [1.82, 2.24) is 0 Å². The monoisotopic (exact) mass is 218 g/mol. The van der Waals surface area contributed by atoms with Gasteiger partial charge in [0, 0.05) is 18.2 Å². The summed E-state index contributed by atoms with van der Waals surface area (Å²) in [6.07, 6.45) is 0.376. The molecule has 0 aromatic heterocycles. The van der Waals surface area contributed by atoms with Crippen molar-refractivity contribution in [2.45, 2.75) is 38.6 Å². The van der Waals surface area contributed by atoms with Crippen LogP contribution in [0.15, 0.2) is 18.2 Å². The van der Waals surface area contributed by atoms with E-state index in [4.69, 9.17) is 5.73 Å². The van der Waals surface area contributed by atoms with Crippen molar-refractivity contribution >= 4 is 11.6 Å². The minimum atomic E-state index is -0.175. The minimum Gasteiger partial charge on any atom is -0.326 e. The van der Waals surface area contributed by atoms with Gasteiger partial charge in [0.25, 0.3) is 0 Å². The van der Waals surface area contributed by atoms with E-state index in [0.717, 1.165) is 11.3 Å². The number of nitrogens with one attached hydrogen (secondary N) is 1. The molecule has 1 amide bonds. The van der Waals surface area contributed by atoms with Crippen LogP contribution in [0.5, 0.6) is 0 Å². The first-order chi connectivity index (χ1) is 7.38. The molecule has 0 aliphatic carbocycles. The Kier molecular flexibility index (Phi) is 2.50. The average Bonchev–Trinajstić information content (AvgIpc) is 2.15. The fraction of sp³-hybridized carbons (Fsp3) is 0.462. The fourth-order valence-corrected chi connectivity index (χ4v) is 1.96. The van der Waals surface area contributed by atoms with Crippen molar-refractivity contribution in [1.29, 1.82) is 0 Å². The summed E-state index contributed by atoms with van der Waals surface area (Å²) in [7, 11) is 0. The Bertz CT molecular complexity index is 432. The molecule has 0 bridgehead atoms. The van der Waals surface area contributed by atoms with Crippen molar-refractivity contribution in [3.05, 3.63) is 29.3 Å². The molecule has 3 N–H and O–H groups in total. The highest BCUT2D eigenvalue weighted by Gasteiger charge is 2.24. The van der Waals surface area contributed by atoms with E-state index in [1.807, 2.05) is 6.07 Å². The molecule has 1 aliphatic rings. The Morgan fingerprint density at radius 1 is 1.38 bits per heavy atom. The Morgan fingerprint density at radius 3 is 2.69 bits per heavy atom. The molecule has 86 valence electrons. The van der Waals surface area contributed by atoms with Gasteiger partial charge in [0.1, 0.15) is 0 Å². The van der Waals surface area contributed by atoms with Gasteiger partial charge in [-0.3, -0.25) is 4.79 Å². The zero-order chi connectivity index (χ0) is 11.9. The number of carbonyl (C=O) groups excluding carboxylic acids is 1. The second-order valence-electron chi connectivity index (χ2n) is 5.41. The van der Waals surface area contributed by atoms with Gasteiger partial charge in [-0.05, 0) is 22.6 Å². The summed E-state index contributed by atoms with van der Waals surface area (Å²) < 4.78 is 0. The van der Waals surface area contributed by atoms with Crippen LogP contribution in [0.1, 0.15) is 44.4 Å². The van der Waals surface area contributed by atoms with Crippen LogP contribution in [0.4, 0.5) is 5.69 Å². The smallest absolute Gasteiger partial charge is 0.226 e. The van der Waals surface area contributed by atoms with E-state index in [-0.39, 0.29) is 17.4 Å². The Morgan fingerprint density at radius 2 is 2.06 bits per heavy atom. The van der Waals surface area contributed by atoms with Gasteiger partial charge in [-0.15, -0.1) is 0 Å². The normalized spacial score (nSPS) is 20.2. The van der Waals surface area contributed by atoms with Crippen molar-refractivity contribution in [2.75, 3.05) is 5.32 Å². The standard InChI is InChI=1S/C13H18N2O/c1-13(2,3)8-4-5-11-9(6-8)10(14)7-12(16)15-11/h4-6,10H,7,14H2,1-3H3,(H,15,16). The van der Waals surface area contributed by atoms with E-state index in [1.165, 1.54) is 5.56 Å². The molecule has 1 aromatic carbocycles. The lowest BCUT2D eigenvalue weighted by atomic mass is 9.84. The third-order valence-corrected chi connectivity index (χ3v) is 3.00. The SMILES string of the molecule is CC(C)(C)c1ccc2c(c1)C(N)CC(=O)N2. The molecular weight excluding hydrogens is 200 g/mol.